The highest BCUT2D eigenvalue weighted by molar-refractivity contribution is 6.29. The van der Waals surface area contributed by atoms with Crippen LogP contribution in [0.3, 0.4) is 0 Å². The minimum absolute atomic E-state index is 0.119. The predicted molar refractivity (Wildman–Crippen MR) is 90.4 cm³/mol. The van der Waals surface area contributed by atoms with Crippen LogP contribution < -0.4 is 9.64 Å². The van der Waals surface area contributed by atoms with Gasteiger partial charge in [0, 0.05) is 25.7 Å². The first kappa shape index (κ1) is 17.7. The number of hydrogen-bond donors (Lipinski definition) is 0. The first-order valence-corrected chi connectivity index (χ1v) is 8.04. The molecule has 2 heterocycles. The molecule has 0 N–H and O–H groups in total. The van der Waals surface area contributed by atoms with Crippen molar-refractivity contribution in [1.82, 2.24) is 9.88 Å². The standard InChI is InChI=1S/C16H24ClN3O3/c1-11-10-19(15(21)23-16(2,3)4)8-9-20(11)12-6-7-13(17)18-14(12)22-5/h6-7,11H,8-10H2,1-5H3. The van der Waals surface area contributed by atoms with Crippen molar-refractivity contribution >= 4 is 23.4 Å². The number of rotatable bonds is 2. The summed E-state index contributed by atoms with van der Waals surface area (Å²) in [6.07, 6.45) is -0.273. The van der Waals surface area contributed by atoms with E-state index in [9.17, 15) is 4.79 Å². The fourth-order valence-electron chi connectivity index (χ4n) is 2.59. The van der Waals surface area contributed by atoms with Crippen molar-refractivity contribution in [2.75, 3.05) is 31.6 Å². The van der Waals surface area contributed by atoms with Gasteiger partial charge in [0.15, 0.2) is 0 Å². The van der Waals surface area contributed by atoms with Crippen molar-refractivity contribution in [2.45, 2.75) is 39.3 Å². The second-order valence-corrected chi connectivity index (χ2v) is 7.02. The number of ether oxygens (including phenoxy) is 2. The highest BCUT2D eigenvalue weighted by Gasteiger charge is 2.31. The fraction of sp³-hybridized carbons (Fsp3) is 0.625. The van der Waals surface area contributed by atoms with Crippen molar-refractivity contribution in [3.8, 4) is 5.88 Å². The molecule has 0 aromatic carbocycles. The smallest absolute Gasteiger partial charge is 0.410 e. The number of piperazine rings is 1. The second-order valence-electron chi connectivity index (χ2n) is 6.63. The van der Waals surface area contributed by atoms with Gasteiger partial charge in [-0.2, -0.15) is 4.98 Å². The van der Waals surface area contributed by atoms with Gasteiger partial charge in [-0.25, -0.2) is 4.79 Å². The van der Waals surface area contributed by atoms with Crippen LogP contribution in [0.15, 0.2) is 12.1 Å². The Morgan fingerprint density at radius 2 is 2.04 bits per heavy atom. The molecule has 0 aliphatic carbocycles. The molecule has 1 unspecified atom stereocenters. The van der Waals surface area contributed by atoms with Crippen LogP contribution in [-0.2, 0) is 4.74 Å². The van der Waals surface area contributed by atoms with Gasteiger partial charge >= 0.3 is 6.09 Å². The number of nitrogens with zero attached hydrogens (tertiary/aromatic N) is 3. The molecule has 1 aliphatic heterocycles. The molecule has 6 nitrogen and oxygen atoms in total. The van der Waals surface area contributed by atoms with Gasteiger partial charge < -0.3 is 19.3 Å². The van der Waals surface area contributed by atoms with Crippen molar-refractivity contribution in [1.29, 1.82) is 0 Å². The molecule has 1 atom stereocenters. The van der Waals surface area contributed by atoms with Gasteiger partial charge in [0.1, 0.15) is 16.4 Å². The highest BCUT2D eigenvalue weighted by atomic mass is 35.5. The van der Waals surface area contributed by atoms with Crippen molar-refractivity contribution < 1.29 is 14.3 Å². The van der Waals surface area contributed by atoms with Gasteiger partial charge in [-0.15, -0.1) is 0 Å². The highest BCUT2D eigenvalue weighted by Crippen LogP contribution is 2.30. The van der Waals surface area contributed by atoms with E-state index < -0.39 is 5.60 Å². The summed E-state index contributed by atoms with van der Waals surface area (Å²) < 4.78 is 10.8. The number of halogens is 1. The molecule has 0 saturated carbocycles. The summed E-state index contributed by atoms with van der Waals surface area (Å²) in [7, 11) is 1.57. The normalized spacial score (nSPS) is 18.8. The van der Waals surface area contributed by atoms with Gasteiger partial charge in [0.25, 0.3) is 0 Å². The van der Waals surface area contributed by atoms with Gasteiger partial charge in [0.2, 0.25) is 5.88 Å². The first-order chi connectivity index (χ1) is 10.7. The fourth-order valence-corrected chi connectivity index (χ4v) is 2.73. The molecule has 1 fully saturated rings. The van der Waals surface area contributed by atoms with E-state index in [1.165, 1.54) is 0 Å². The number of pyridine rings is 1. The van der Waals surface area contributed by atoms with Crippen molar-refractivity contribution in [2.24, 2.45) is 0 Å². The van der Waals surface area contributed by atoms with E-state index in [0.29, 0.717) is 30.7 Å². The number of carbonyl (C=O) groups is 1. The number of anilines is 1. The monoisotopic (exact) mass is 341 g/mol. The molecule has 0 bridgehead atoms. The molecule has 0 radical (unpaired) electrons. The molecular formula is C16H24ClN3O3. The number of carbonyl (C=O) groups excluding carboxylic acids is 1. The van der Waals surface area contributed by atoms with Gasteiger partial charge in [-0.05, 0) is 39.8 Å². The Hall–Kier alpha value is -1.69. The van der Waals surface area contributed by atoms with E-state index in [4.69, 9.17) is 21.1 Å². The zero-order valence-electron chi connectivity index (χ0n) is 14.3. The largest absolute Gasteiger partial charge is 0.479 e. The Kier molecular flexibility index (Phi) is 5.24. The average Bonchev–Trinajstić information content (AvgIpc) is 2.45. The topological polar surface area (TPSA) is 54.9 Å². The number of aromatic nitrogens is 1. The molecule has 7 heteroatoms. The predicted octanol–water partition coefficient (Wildman–Crippen LogP) is 3.19. The molecule has 23 heavy (non-hydrogen) atoms. The lowest BCUT2D eigenvalue weighted by Crippen LogP contribution is -2.54. The Morgan fingerprint density at radius 1 is 1.35 bits per heavy atom. The van der Waals surface area contributed by atoms with Crippen LogP contribution in [-0.4, -0.2) is 54.4 Å². The molecule has 1 saturated heterocycles. The summed E-state index contributed by atoms with van der Waals surface area (Å²) >= 11 is 5.92. The molecule has 2 rings (SSSR count). The summed E-state index contributed by atoms with van der Waals surface area (Å²) in [4.78, 5) is 20.3. The third-order valence-electron chi connectivity index (χ3n) is 3.59. The van der Waals surface area contributed by atoms with Crippen LogP contribution >= 0.6 is 11.6 Å². The molecular weight excluding hydrogens is 318 g/mol. The number of methoxy groups -OCH3 is 1. The van der Waals surface area contributed by atoms with Gasteiger partial charge in [0.05, 0.1) is 7.11 Å². The average molecular weight is 342 g/mol. The number of amides is 1. The van der Waals surface area contributed by atoms with Gasteiger partial charge in [-0.3, -0.25) is 0 Å². The van der Waals surface area contributed by atoms with Crippen LogP contribution in [0.4, 0.5) is 10.5 Å². The molecule has 1 aromatic rings. The first-order valence-electron chi connectivity index (χ1n) is 7.66. The SMILES string of the molecule is COc1nc(Cl)ccc1N1CCN(C(=O)OC(C)(C)C)CC1C. The van der Waals surface area contributed by atoms with Crippen LogP contribution in [0, 0.1) is 0 Å². The third-order valence-corrected chi connectivity index (χ3v) is 3.80. The minimum Gasteiger partial charge on any atom is -0.479 e. The van der Waals surface area contributed by atoms with Crippen molar-refractivity contribution in [3.05, 3.63) is 17.3 Å². The zero-order chi connectivity index (χ0) is 17.2. The lowest BCUT2D eigenvalue weighted by molar-refractivity contribution is 0.0218. The Balaban J connectivity index is 2.09. The van der Waals surface area contributed by atoms with Crippen molar-refractivity contribution in [3.63, 3.8) is 0 Å². The number of hydrogen-bond acceptors (Lipinski definition) is 5. The minimum atomic E-state index is -0.485. The lowest BCUT2D eigenvalue weighted by atomic mass is 10.1. The molecule has 1 aromatic heterocycles. The van der Waals surface area contributed by atoms with Crippen LogP contribution in [0.1, 0.15) is 27.7 Å². The maximum atomic E-state index is 12.2. The Morgan fingerprint density at radius 3 is 2.61 bits per heavy atom. The van der Waals surface area contributed by atoms with Crippen LogP contribution in [0.2, 0.25) is 5.15 Å². The van der Waals surface area contributed by atoms with E-state index in [-0.39, 0.29) is 12.1 Å². The Labute approximate surface area is 142 Å². The summed E-state index contributed by atoms with van der Waals surface area (Å²) in [5.74, 6) is 0.495. The summed E-state index contributed by atoms with van der Waals surface area (Å²) in [6, 6.07) is 3.76. The zero-order valence-corrected chi connectivity index (χ0v) is 15.1. The van der Waals surface area contributed by atoms with E-state index in [2.05, 4.69) is 16.8 Å². The van der Waals surface area contributed by atoms with E-state index in [1.54, 1.807) is 18.1 Å². The summed E-state index contributed by atoms with van der Waals surface area (Å²) in [5.41, 5.74) is 0.397. The Bertz CT molecular complexity index is 574. The molecule has 0 spiro atoms. The van der Waals surface area contributed by atoms with Crippen LogP contribution in [0.5, 0.6) is 5.88 Å². The quantitative estimate of drug-likeness (QED) is 0.773. The van der Waals surface area contributed by atoms with Gasteiger partial charge in [-0.1, -0.05) is 11.6 Å². The van der Waals surface area contributed by atoms with E-state index in [0.717, 1.165) is 5.69 Å². The maximum absolute atomic E-state index is 12.2. The van der Waals surface area contributed by atoms with Crippen LogP contribution in [0.25, 0.3) is 0 Å². The summed E-state index contributed by atoms with van der Waals surface area (Å²) in [5, 5.41) is 0.394. The molecule has 1 amide bonds. The lowest BCUT2D eigenvalue weighted by Gasteiger charge is -2.41. The molecule has 1 aliphatic rings. The second kappa shape index (κ2) is 6.83. The van der Waals surface area contributed by atoms with E-state index in [1.807, 2.05) is 26.8 Å². The molecule has 128 valence electrons. The summed E-state index contributed by atoms with van der Waals surface area (Å²) in [6.45, 7) is 9.52. The third kappa shape index (κ3) is 4.41. The maximum Gasteiger partial charge on any atom is 0.410 e. The van der Waals surface area contributed by atoms with E-state index >= 15 is 0 Å².